The average molecular weight is 415 g/mol. The Morgan fingerprint density at radius 2 is 1.85 bits per heavy atom. The third-order valence-electron chi connectivity index (χ3n) is 4.18. The van der Waals surface area contributed by atoms with Gasteiger partial charge in [-0.15, -0.1) is 0 Å². The third kappa shape index (κ3) is 4.34. The predicted molar refractivity (Wildman–Crippen MR) is 105 cm³/mol. The Morgan fingerprint density at radius 1 is 1.12 bits per heavy atom. The average Bonchev–Trinajstić information content (AvgIpc) is 2.64. The van der Waals surface area contributed by atoms with Crippen LogP contribution in [0.1, 0.15) is 6.92 Å². The van der Waals surface area contributed by atoms with Gasteiger partial charge in [0, 0.05) is 37.4 Å². The molecule has 2 aromatic rings. The molecule has 1 aliphatic rings. The zero-order chi connectivity index (χ0) is 18.7. The van der Waals surface area contributed by atoms with Crippen LogP contribution in [0.3, 0.4) is 0 Å². The quantitative estimate of drug-likeness (QED) is 0.754. The molecule has 3 rings (SSSR count). The molecule has 1 saturated heterocycles. The first-order chi connectivity index (χ1) is 12.5. The lowest BCUT2D eigenvalue weighted by atomic mass is 10.2. The number of carbonyl (C=O) groups excluding carboxylic acids is 1. The summed E-state index contributed by atoms with van der Waals surface area (Å²) in [5.41, 5.74) is 0. The zero-order valence-electron chi connectivity index (χ0n) is 14.2. The van der Waals surface area contributed by atoms with E-state index < -0.39 is 6.10 Å². The van der Waals surface area contributed by atoms with Gasteiger partial charge in [-0.3, -0.25) is 4.79 Å². The number of hydrogen-bond acceptors (Lipinski definition) is 4. The third-order valence-corrected chi connectivity index (χ3v) is 5.00. The van der Waals surface area contributed by atoms with E-state index in [1.165, 1.54) is 0 Å². The van der Waals surface area contributed by atoms with Gasteiger partial charge in [-0.2, -0.15) is 0 Å². The van der Waals surface area contributed by atoms with Crippen molar-refractivity contribution in [2.24, 2.45) is 0 Å². The monoisotopic (exact) mass is 413 g/mol. The first kappa shape index (κ1) is 19.1. The fraction of sp³-hybridized carbons (Fsp3) is 0.333. The number of aromatic nitrogens is 1. The summed E-state index contributed by atoms with van der Waals surface area (Å²) in [6.45, 7) is 4.20. The van der Waals surface area contributed by atoms with Crippen molar-refractivity contribution >= 4 is 46.5 Å². The Morgan fingerprint density at radius 3 is 2.50 bits per heavy atom. The molecule has 0 spiro atoms. The van der Waals surface area contributed by atoms with Crippen LogP contribution in [0, 0.1) is 0 Å². The van der Waals surface area contributed by atoms with Gasteiger partial charge in [0.1, 0.15) is 11.6 Å². The highest BCUT2D eigenvalue weighted by atomic mass is 35.5. The zero-order valence-corrected chi connectivity index (χ0v) is 16.4. The van der Waals surface area contributed by atoms with Gasteiger partial charge in [0.2, 0.25) is 0 Å². The highest BCUT2D eigenvalue weighted by Gasteiger charge is 2.27. The van der Waals surface area contributed by atoms with Crippen molar-refractivity contribution < 1.29 is 9.53 Å². The molecule has 2 heterocycles. The number of hydrogen-bond donors (Lipinski definition) is 0. The standard InChI is InChI=1S/C18H18Cl3N3O2/c1-12(26-16-5-4-13(19)11-15(16)21)18(25)24-9-7-23(8-10-24)17-14(20)3-2-6-22-17/h2-6,11-12H,7-10H2,1H3. The first-order valence-corrected chi connectivity index (χ1v) is 9.35. The van der Waals surface area contributed by atoms with Crippen LogP contribution in [0.5, 0.6) is 5.75 Å². The van der Waals surface area contributed by atoms with Crippen LogP contribution in [0.4, 0.5) is 5.82 Å². The lowest BCUT2D eigenvalue weighted by Gasteiger charge is -2.36. The lowest BCUT2D eigenvalue weighted by molar-refractivity contribution is -0.138. The maximum absolute atomic E-state index is 12.7. The summed E-state index contributed by atoms with van der Waals surface area (Å²) in [6, 6.07) is 8.54. The molecule has 1 amide bonds. The van der Waals surface area contributed by atoms with Crippen LogP contribution in [0.15, 0.2) is 36.5 Å². The van der Waals surface area contributed by atoms with Gasteiger partial charge in [0.15, 0.2) is 6.10 Å². The number of amides is 1. The molecule has 1 aromatic carbocycles. The first-order valence-electron chi connectivity index (χ1n) is 8.21. The maximum Gasteiger partial charge on any atom is 0.263 e. The number of halogens is 3. The van der Waals surface area contributed by atoms with Crippen molar-refractivity contribution in [3.05, 3.63) is 51.6 Å². The number of piperazine rings is 1. The highest BCUT2D eigenvalue weighted by molar-refractivity contribution is 6.35. The van der Waals surface area contributed by atoms with Gasteiger partial charge in [0.25, 0.3) is 5.91 Å². The number of ether oxygens (including phenoxy) is 1. The van der Waals surface area contributed by atoms with Crippen LogP contribution < -0.4 is 9.64 Å². The predicted octanol–water partition coefficient (Wildman–Crippen LogP) is 4.16. The fourth-order valence-electron chi connectivity index (χ4n) is 2.82. The van der Waals surface area contributed by atoms with Gasteiger partial charge in [0.05, 0.1) is 10.0 Å². The van der Waals surface area contributed by atoms with E-state index in [9.17, 15) is 4.79 Å². The van der Waals surface area contributed by atoms with Crippen molar-refractivity contribution in [3.63, 3.8) is 0 Å². The van der Waals surface area contributed by atoms with E-state index in [0.29, 0.717) is 47.0 Å². The molecule has 1 atom stereocenters. The number of carbonyl (C=O) groups is 1. The largest absolute Gasteiger partial charge is 0.479 e. The molecule has 0 radical (unpaired) electrons. The molecule has 26 heavy (non-hydrogen) atoms. The van der Waals surface area contributed by atoms with E-state index >= 15 is 0 Å². The van der Waals surface area contributed by atoms with Crippen LogP contribution in [-0.4, -0.2) is 48.1 Å². The molecule has 1 unspecified atom stereocenters. The Bertz CT molecular complexity index is 795. The molecular weight excluding hydrogens is 397 g/mol. The van der Waals surface area contributed by atoms with E-state index in [1.54, 1.807) is 42.3 Å². The molecule has 0 saturated carbocycles. The van der Waals surface area contributed by atoms with Crippen molar-refractivity contribution in [2.45, 2.75) is 13.0 Å². The minimum atomic E-state index is -0.640. The van der Waals surface area contributed by atoms with E-state index in [4.69, 9.17) is 39.5 Å². The Labute approximate surface area is 167 Å². The molecule has 1 aliphatic heterocycles. The van der Waals surface area contributed by atoms with Crippen LogP contribution in [0.2, 0.25) is 15.1 Å². The van der Waals surface area contributed by atoms with Crippen LogP contribution >= 0.6 is 34.8 Å². The summed E-state index contributed by atoms with van der Waals surface area (Å²) in [7, 11) is 0. The van der Waals surface area contributed by atoms with Gasteiger partial charge in [-0.1, -0.05) is 34.8 Å². The van der Waals surface area contributed by atoms with E-state index in [2.05, 4.69) is 9.88 Å². The van der Waals surface area contributed by atoms with Gasteiger partial charge >= 0.3 is 0 Å². The molecule has 0 bridgehead atoms. The normalized spacial score (nSPS) is 15.7. The molecule has 1 aromatic heterocycles. The molecule has 8 heteroatoms. The van der Waals surface area contributed by atoms with Crippen LogP contribution in [0.25, 0.3) is 0 Å². The molecule has 0 aliphatic carbocycles. The van der Waals surface area contributed by atoms with Gasteiger partial charge < -0.3 is 14.5 Å². The summed E-state index contributed by atoms with van der Waals surface area (Å²) < 4.78 is 5.72. The summed E-state index contributed by atoms with van der Waals surface area (Å²) >= 11 is 18.2. The Hall–Kier alpha value is -1.69. The van der Waals surface area contributed by atoms with Crippen molar-refractivity contribution in [1.29, 1.82) is 0 Å². The van der Waals surface area contributed by atoms with E-state index in [-0.39, 0.29) is 5.91 Å². The summed E-state index contributed by atoms with van der Waals surface area (Å²) in [6.07, 6.45) is 1.07. The minimum Gasteiger partial charge on any atom is -0.479 e. The van der Waals surface area contributed by atoms with E-state index in [1.807, 2.05) is 6.07 Å². The molecular formula is C18H18Cl3N3O2. The summed E-state index contributed by atoms with van der Waals surface area (Å²) in [4.78, 5) is 20.8. The second-order valence-corrected chi connectivity index (χ2v) is 7.21. The lowest BCUT2D eigenvalue weighted by Crippen LogP contribution is -2.52. The Balaban J connectivity index is 1.58. The number of anilines is 1. The maximum atomic E-state index is 12.7. The SMILES string of the molecule is CC(Oc1ccc(Cl)cc1Cl)C(=O)N1CCN(c2ncccc2Cl)CC1. The molecule has 5 nitrogen and oxygen atoms in total. The number of rotatable bonds is 4. The summed E-state index contributed by atoms with van der Waals surface area (Å²) in [5, 5.41) is 1.51. The topological polar surface area (TPSA) is 45.7 Å². The van der Waals surface area contributed by atoms with Gasteiger partial charge in [-0.05, 0) is 37.3 Å². The van der Waals surface area contributed by atoms with E-state index in [0.717, 1.165) is 5.82 Å². The second-order valence-electron chi connectivity index (χ2n) is 5.96. The number of benzene rings is 1. The van der Waals surface area contributed by atoms with Gasteiger partial charge in [-0.25, -0.2) is 4.98 Å². The van der Waals surface area contributed by atoms with Crippen molar-refractivity contribution in [2.75, 3.05) is 31.1 Å². The molecule has 0 N–H and O–H groups in total. The minimum absolute atomic E-state index is 0.0808. The van der Waals surface area contributed by atoms with Crippen molar-refractivity contribution in [1.82, 2.24) is 9.88 Å². The molecule has 1 fully saturated rings. The van der Waals surface area contributed by atoms with Crippen molar-refractivity contribution in [3.8, 4) is 5.75 Å². The Kier molecular flexibility index (Phi) is 6.12. The fourth-order valence-corrected chi connectivity index (χ4v) is 3.51. The molecule has 138 valence electrons. The van der Waals surface area contributed by atoms with Crippen LogP contribution in [-0.2, 0) is 4.79 Å². The summed E-state index contributed by atoms with van der Waals surface area (Å²) in [5.74, 6) is 1.11. The smallest absolute Gasteiger partial charge is 0.263 e. The second kappa shape index (κ2) is 8.33. The highest BCUT2D eigenvalue weighted by Crippen LogP contribution is 2.29. The number of nitrogens with zero attached hydrogens (tertiary/aromatic N) is 3. The number of pyridine rings is 1.